The number of carbonyl (C=O) groups excluding carboxylic acids is 2. The third kappa shape index (κ3) is 3.87. The summed E-state index contributed by atoms with van der Waals surface area (Å²) in [7, 11) is 0. The Morgan fingerprint density at radius 3 is 2.53 bits per heavy atom. The van der Waals surface area contributed by atoms with E-state index in [9.17, 15) is 14.4 Å². The average Bonchev–Trinajstić information content (AvgIpc) is 3.09. The molecule has 30 heavy (non-hydrogen) atoms. The molecule has 2 aromatic heterocycles. The van der Waals surface area contributed by atoms with E-state index in [1.54, 1.807) is 30.9 Å². The zero-order valence-electron chi connectivity index (χ0n) is 16.9. The molecule has 1 saturated heterocycles. The summed E-state index contributed by atoms with van der Waals surface area (Å²) in [5.74, 6) is -0.345. The van der Waals surface area contributed by atoms with Gasteiger partial charge in [-0.2, -0.15) is 0 Å². The molecule has 3 heterocycles. The molecule has 1 aliphatic rings. The number of aryl methyl sites for hydroxylation is 2. The third-order valence-corrected chi connectivity index (χ3v) is 6.49. The van der Waals surface area contributed by atoms with Crippen LogP contribution in [0.4, 0.5) is 0 Å². The van der Waals surface area contributed by atoms with E-state index >= 15 is 0 Å². The Kier molecular flexibility index (Phi) is 5.67. The maximum atomic E-state index is 13.2. The number of piperidine rings is 1. The van der Waals surface area contributed by atoms with Crippen LogP contribution in [-0.4, -0.2) is 39.8 Å². The first kappa shape index (κ1) is 20.3. The second-order valence-corrected chi connectivity index (χ2v) is 8.47. The van der Waals surface area contributed by atoms with Gasteiger partial charge in [0.2, 0.25) is 6.10 Å². The van der Waals surface area contributed by atoms with Crippen molar-refractivity contribution in [1.29, 1.82) is 0 Å². The topological polar surface area (TPSA) is 92.4 Å². The lowest BCUT2D eigenvalue weighted by molar-refractivity contribution is -0.142. The third-order valence-electron chi connectivity index (χ3n) is 5.32. The van der Waals surface area contributed by atoms with Crippen molar-refractivity contribution in [1.82, 2.24) is 14.9 Å². The van der Waals surface area contributed by atoms with Crippen molar-refractivity contribution in [2.24, 2.45) is 0 Å². The number of H-pyrrole nitrogens is 1. The number of carbonyl (C=O) groups is 2. The van der Waals surface area contributed by atoms with Crippen LogP contribution < -0.4 is 5.56 Å². The highest BCUT2D eigenvalue weighted by atomic mass is 32.1. The van der Waals surface area contributed by atoms with E-state index in [2.05, 4.69) is 9.97 Å². The van der Waals surface area contributed by atoms with Gasteiger partial charge in [-0.3, -0.25) is 9.59 Å². The van der Waals surface area contributed by atoms with Crippen molar-refractivity contribution in [2.75, 3.05) is 13.1 Å². The van der Waals surface area contributed by atoms with Crippen molar-refractivity contribution in [3.63, 3.8) is 0 Å². The van der Waals surface area contributed by atoms with Gasteiger partial charge in [0.1, 0.15) is 15.5 Å². The number of aromatic nitrogens is 2. The molecular weight excluding hydrogens is 402 g/mol. The lowest BCUT2D eigenvalue weighted by Gasteiger charge is -2.30. The summed E-state index contributed by atoms with van der Waals surface area (Å²) >= 11 is 1.11. The molecule has 1 atom stereocenters. The van der Waals surface area contributed by atoms with Gasteiger partial charge in [-0.05, 0) is 38.7 Å². The highest BCUT2D eigenvalue weighted by Crippen LogP contribution is 2.30. The summed E-state index contributed by atoms with van der Waals surface area (Å²) in [5, 5.41) is 0.385. The molecule has 4 rings (SSSR count). The van der Waals surface area contributed by atoms with Crippen LogP contribution in [0.5, 0.6) is 0 Å². The summed E-state index contributed by atoms with van der Waals surface area (Å²) in [6.45, 7) is 4.72. The van der Waals surface area contributed by atoms with Gasteiger partial charge in [0.15, 0.2) is 0 Å². The van der Waals surface area contributed by atoms with Gasteiger partial charge in [-0.25, -0.2) is 9.78 Å². The van der Waals surface area contributed by atoms with Crippen LogP contribution >= 0.6 is 11.3 Å². The SMILES string of the molecule is Cc1nc2sc(C(=O)OC(C(=O)N3CCCCC3)c3ccccc3)c(C)c2c(=O)[nH]1. The van der Waals surface area contributed by atoms with Gasteiger partial charge in [0.25, 0.3) is 11.5 Å². The minimum Gasteiger partial charge on any atom is -0.443 e. The molecule has 3 aromatic rings. The molecule has 0 saturated carbocycles. The van der Waals surface area contributed by atoms with Crippen LogP contribution in [0, 0.1) is 13.8 Å². The second kappa shape index (κ2) is 8.39. The Bertz CT molecular complexity index is 1150. The molecular formula is C22H23N3O4S. The predicted octanol–water partition coefficient (Wildman–Crippen LogP) is 3.51. The number of likely N-dealkylation sites (tertiary alicyclic amines) is 1. The average molecular weight is 426 g/mol. The van der Waals surface area contributed by atoms with E-state index in [1.165, 1.54) is 0 Å². The lowest BCUT2D eigenvalue weighted by Crippen LogP contribution is -2.40. The number of hydrogen-bond acceptors (Lipinski definition) is 6. The Labute approximate surface area is 177 Å². The maximum Gasteiger partial charge on any atom is 0.349 e. The number of esters is 1. The van der Waals surface area contributed by atoms with Crippen molar-refractivity contribution >= 4 is 33.4 Å². The quantitative estimate of drug-likeness (QED) is 0.646. The monoisotopic (exact) mass is 425 g/mol. The molecule has 0 bridgehead atoms. The number of thiophene rings is 1. The van der Waals surface area contributed by atoms with E-state index in [1.807, 2.05) is 18.2 Å². The van der Waals surface area contributed by atoms with Crippen LogP contribution in [0.15, 0.2) is 35.1 Å². The number of aromatic amines is 1. The summed E-state index contributed by atoms with van der Waals surface area (Å²) in [4.78, 5) is 48.1. The van der Waals surface area contributed by atoms with Crippen molar-refractivity contribution in [3.05, 3.63) is 62.5 Å². The number of hydrogen-bond donors (Lipinski definition) is 1. The summed E-state index contributed by atoms with van der Waals surface area (Å²) < 4.78 is 5.76. The van der Waals surface area contributed by atoms with E-state index in [-0.39, 0.29) is 11.5 Å². The number of nitrogens with one attached hydrogen (secondary N) is 1. The molecule has 0 radical (unpaired) electrons. The van der Waals surface area contributed by atoms with E-state index < -0.39 is 12.1 Å². The fourth-order valence-electron chi connectivity index (χ4n) is 3.78. The van der Waals surface area contributed by atoms with Gasteiger partial charge in [0.05, 0.1) is 5.39 Å². The summed E-state index contributed by atoms with van der Waals surface area (Å²) in [5.41, 5.74) is 0.868. The first-order valence-electron chi connectivity index (χ1n) is 10.0. The smallest absolute Gasteiger partial charge is 0.349 e. The highest BCUT2D eigenvalue weighted by Gasteiger charge is 2.32. The first-order chi connectivity index (χ1) is 14.5. The summed E-state index contributed by atoms with van der Waals surface area (Å²) in [6.07, 6.45) is 1.98. The molecule has 0 spiro atoms. The lowest BCUT2D eigenvalue weighted by atomic mass is 10.1. The number of benzene rings is 1. The van der Waals surface area contributed by atoms with Crippen molar-refractivity contribution in [3.8, 4) is 0 Å². The van der Waals surface area contributed by atoms with Crippen LogP contribution in [0.2, 0.25) is 0 Å². The normalized spacial score (nSPS) is 15.2. The molecule has 8 heteroatoms. The molecule has 1 unspecified atom stereocenters. The van der Waals surface area contributed by atoms with E-state index in [4.69, 9.17) is 4.74 Å². The standard InChI is InChI=1S/C22H23N3O4S/c1-13-16-19(26)23-14(2)24-20(16)30-18(13)22(28)29-17(15-9-5-3-6-10-15)21(27)25-11-7-4-8-12-25/h3,5-6,9-10,17H,4,7-8,11-12H2,1-2H3,(H,23,24,26). The van der Waals surface area contributed by atoms with Crippen molar-refractivity contribution < 1.29 is 14.3 Å². The van der Waals surface area contributed by atoms with Crippen LogP contribution in [0.3, 0.4) is 0 Å². The van der Waals surface area contributed by atoms with Crippen LogP contribution in [-0.2, 0) is 9.53 Å². The maximum absolute atomic E-state index is 13.2. The molecule has 1 N–H and O–H groups in total. The molecule has 156 valence electrons. The van der Waals surface area contributed by atoms with Gasteiger partial charge in [0, 0.05) is 18.7 Å². The molecule has 1 aliphatic heterocycles. The first-order valence-corrected chi connectivity index (χ1v) is 10.8. The van der Waals surface area contributed by atoms with Gasteiger partial charge >= 0.3 is 5.97 Å². The van der Waals surface area contributed by atoms with Crippen LogP contribution in [0.25, 0.3) is 10.2 Å². The summed E-state index contributed by atoms with van der Waals surface area (Å²) in [6, 6.07) is 9.05. The Balaban J connectivity index is 1.68. The fraction of sp³-hybridized carbons (Fsp3) is 0.364. The number of rotatable bonds is 4. The van der Waals surface area contributed by atoms with E-state index in [0.717, 1.165) is 30.6 Å². The molecule has 1 aromatic carbocycles. The van der Waals surface area contributed by atoms with Gasteiger partial charge < -0.3 is 14.6 Å². The van der Waals surface area contributed by atoms with Gasteiger partial charge in [-0.1, -0.05) is 30.3 Å². The Morgan fingerprint density at radius 1 is 1.13 bits per heavy atom. The van der Waals surface area contributed by atoms with Crippen molar-refractivity contribution in [2.45, 2.75) is 39.2 Å². The zero-order valence-corrected chi connectivity index (χ0v) is 17.8. The number of fused-ring (bicyclic) bond motifs is 1. The predicted molar refractivity (Wildman–Crippen MR) is 115 cm³/mol. The van der Waals surface area contributed by atoms with E-state index in [0.29, 0.717) is 45.1 Å². The minimum absolute atomic E-state index is 0.208. The Morgan fingerprint density at radius 2 is 1.83 bits per heavy atom. The largest absolute Gasteiger partial charge is 0.443 e. The number of ether oxygens (including phenoxy) is 1. The molecule has 0 aliphatic carbocycles. The van der Waals surface area contributed by atoms with Crippen LogP contribution in [0.1, 0.15) is 52.0 Å². The fourth-order valence-corrected chi connectivity index (χ4v) is 4.89. The zero-order chi connectivity index (χ0) is 21.3. The number of nitrogens with zero attached hydrogens (tertiary/aromatic N) is 2. The second-order valence-electron chi connectivity index (χ2n) is 7.47. The Hall–Kier alpha value is -3.00. The minimum atomic E-state index is -1.02. The molecule has 1 amide bonds. The molecule has 1 fully saturated rings. The number of amides is 1. The molecule has 7 nitrogen and oxygen atoms in total. The van der Waals surface area contributed by atoms with Gasteiger partial charge in [-0.15, -0.1) is 11.3 Å². The highest BCUT2D eigenvalue weighted by molar-refractivity contribution is 7.20.